The average molecular weight is 280 g/mol. The Morgan fingerprint density at radius 3 is 2.71 bits per heavy atom. The van der Waals surface area contributed by atoms with Crippen LogP contribution in [0.4, 0.5) is 5.82 Å². The van der Waals surface area contributed by atoms with Crippen LogP contribution in [0.3, 0.4) is 0 Å². The maximum absolute atomic E-state index is 11.9. The van der Waals surface area contributed by atoms with E-state index < -0.39 is 20.8 Å². The molecule has 1 rings (SSSR count). The molecule has 1 aromatic rings. The molecule has 0 radical (unpaired) electrons. The van der Waals surface area contributed by atoms with Crippen LogP contribution < -0.4 is 10.5 Å². The summed E-state index contributed by atoms with van der Waals surface area (Å²) in [4.78, 5) is 3.71. The van der Waals surface area contributed by atoms with E-state index in [4.69, 9.17) is 5.73 Å². The third-order valence-corrected chi connectivity index (χ3v) is 4.52. The van der Waals surface area contributed by atoms with Crippen LogP contribution in [0.1, 0.15) is 6.42 Å². The molecule has 1 heterocycles. The highest BCUT2D eigenvalue weighted by Gasteiger charge is 2.21. The number of nitrogen functional groups attached to an aromatic ring is 1. The standard InChI is InChI=1S/C8H16N4O3S2/c1-12-6-10-7(9)8(12)17(14,15)11-4-3-5-16(2)13/h6,11H,3-5,9H2,1-2H3. The summed E-state index contributed by atoms with van der Waals surface area (Å²) in [6.45, 7) is 0.229. The van der Waals surface area contributed by atoms with Gasteiger partial charge < -0.3 is 10.3 Å². The second-order valence-electron chi connectivity index (χ2n) is 3.57. The molecule has 0 fully saturated rings. The summed E-state index contributed by atoms with van der Waals surface area (Å²) >= 11 is 0. The number of sulfonamides is 1. The first-order chi connectivity index (χ1) is 7.84. The predicted molar refractivity (Wildman–Crippen MR) is 66.4 cm³/mol. The number of rotatable bonds is 6. The molecular formula is C8H16N4O3S2. The van der Waals surface area contributed by atoms with E-state index in [2.05, 4.69) is 9.71 Å². The third-order valence-electron chi connectivity index (χ3n) is 2.06. The first kappa shape index (κ1) is 14.1. The average Bonchev–Trinajstić information content (AvgIpc) is 2.53. The van der Waals surface area contributed by atoms with E-state index in [-0.39, 0.29) is 17.4 Å². The Bertz CT molecular complexity index is 489. The second-order valence-corrected chi connectivity index (χ2v) is 6.81. The fraction of sp³-hybridized carbons (Fsp3) is 0.625. The van der Waals surface area contributed by atoms with E-state index in [1.165, 1.54) is 10.9 Å². The minimum Gasteiger partial charge on any atom is -0.381 e. The van der Waals surface area contributed by atoms with Crippen LogP contribution in [0.2, 0.25) is 0 Å². The molecule has 0 aromatic carbocycles. The fourth-order valence-corrected chi connectivity index (χ4v) is 3.17. The van der Waals surface area contributed by atoms with Gasteiger partial charge in [-0.15, -0.1) is 0 Å². The van der Waals surface area contributed by atoms with Crippen molar-refractivity contribution in [2.45, 2.75) is 11.4 Å². The van der Waals surface area contributed by atoms with Crippen molar-refractivity contribution >= 4 is 26.6 Å². The van der Waals surface area contributed by atoms with Crippen molar-refractivity contribution in [3.63, 3.8) is 0 Å². The number of hydrogen-bond donors (Lipinski definition) is 2. The van der Waals surface area contributed by atoms with Gasteiger partial charge in [-0.2, -0.15) is 0 Å². The number of imidazole rings is 1. The number of nitrogens with zero attached hydrogens (tertiary/aromatic N) is 2. The minimum atomic E-state index is -3.65. The molecule has 0 aliphatic rings. The van der Waals surface area contributed by atoms with Crippen LogP contribution in [0.25, 0.3) is 0 Å². The van der Waals surface area contributed by atoms with Gasteiger partial charge >= 0.3 is 0 Å². The smallest absolute Gasteiger partial charge is 0.260 e. The van der Waals surface area contributed by atoms with Crippen molar-refractivity contribution in [1.82, 2.24) is 14.3 Å². The number of nitrogens with one attached hydrogen (secondary N) is 1. The van der Waals surface area contributed by atoms with Gasteiger partial charge in [-0.25, -0.2) is 18.1 Å². The zero-order valence-corrected chi connectivity index (χ0v) is 11.3. The van der Waals surface area contributed by atoms with Gasteiger partial charge in [0.1, 0.15) is 0 Å². The summed E-state index contributed by atoms with van der Waals surface area (Å²) < 4.78 is 38.2. The van der Waals surface area contributed by atoms with Crippen molar-refractivity contribution in [3.8, 4) is 0 Å². The lowest BCUT2D eigenvalue weighted by Gasteiger charge is -2.07. The molecule has 9 heteroatoms. The molecule has 1 unspecified atom stereocenters. The third kappa shape index (κ3) is 3.79. The monoisotopic (exact) mass is 280 g/mol. The summed E-state index contributed by atoms with van der Waals surface area (Å²) in [5.74, 6) is 0.433. The minimum absolute atomic E-state index is 0.0286. The Labute approximate surface area is 103 Å². The second kappa shape index (κ2) is 5.61. The molecule has 0 bridgehead atoms. The number of hydrogen-bond acceptors (Lipinski definition) is 5. The lowest BCUT2D eigenvalue weighted by molar-refractivity contribution is 0.571. The maximum atomic E-state index is 11.9. The molecule has 0 aliphatic carbocycles. The van der Waals surface area contributed by atoms with Crippen LogP contribution in [-0.4, -0.2) is 40.7 Å². The van der Waals surface area contributed by atoms with Crippen LogP contribution in [0.5, 0.6) is 0 Å². The SMILES string of the molecule is Cn1cnc(N)c1S(=O)(=O)NCCCS(C)=O. The number of anilines is 1. The van der Waals surface area contributed by atoms with Crippen molar-refractivity contribution in [2.75, 3.05) is 24.3 Å². The number of nitrogens with two attached hydrogens (primary N) is 1. The van der Waals surface area contributed by atoms with Crippen LogP contribution in [-0.2, 0) is 27.9 Å². The van der Waals surface area contributed by atoms with Gasteiger partial charge in [0.2, 0.25) is 0 Å². The topological polar surface area (TPSA) is 107 Å². The van der Waals surface area contributed by atoms with Crippen molar-refractivity contribution < 1.29 is 12.6 Å². The zero-order chi connectivity index (χ0) is 13.1. The summed E-state index contributed by atoms with van der Waals surface area (Å²) in [5.41, 5.74) is 5.48. The lowest BCUT2D eigenvalue weighted by atomic mass is 10.5. The molecule has 98 valence electrons. The van der Waals surface area contributed by atoms with E-state index >= 15 is 0 Å². The van der Waals surface area contributed by atoms with Crippen molar-refractivity contribution in [2.24, 2.45) is 7.05 Å². The maximum Gasteiger partial charge on any atom is 0.260 e. The molecule has 1 aromatic heterocycles. The van der Waals surface area contributed by atoms with Crippen LogP contribution >= 0.6 is 0 Å². The Morgan fingerprint density at radius 1 is 1.59 bits per heavy atom. The van der Waals surface area contributed by atoms with Gasteiger partial charge in [0.15, 0.2) is 10.8 Å². The molecule has 0 spiro atoms. The highest BCUT2D eigenvalue weighted by molar-refractivity contribution is 7.89. The molecule has 0 amide bonds. The molecule has 0 aliphatic heterocycles. The molecule has 1 atom stereocenters. The summed E-state index contributed by atoms with van der Waals surface area (Å²) in [6.07, 6.45) is 3.43. The molecule has 17 heavy (non-hydrogen) atoms. The first-order valence-corrected chi connectivity index (χ1v) is 8.12. The lowest BCUT2D eigenvalue weighted by Crippen LogP contribution is -2.28. The van der Waals surface area contributed by atoms with E-state index in [0.717, 1.165) is 0 Å². The van der Waals surface area contributed by atoms with Gasteiger partial charge in [0.05, 0.1) is 6.33 Å². The highest BCUT2D eigenvalue weighted by atomic mass is 32.2. The Morgan fingerprint density at radius 2 is 2.24 bits per heavy atom. The largest absolute Gasteiger partial charge is 0.381 e. The molecule has 3 N–H and O–H groups in total. The predicted octanol–water partition coefficient (Wildman–Crippen LogP) is -0.951. The summed E-state index contributed by atoms with van der Waals surface area (Å²) in [6, 6.07) is 0. The molecule has 0 saturated heterocycles. The summed E-state index contributed by atoms with van der Waals surface area (Å²) in [5, 5.41) is -0.0462. The zero-order valence-electron chi connectivity index (χ0n) is 9.71. The molecule has 7 nitrogen and oxygen atoms in total. The van der Waals surface area contributed by atoms with Crippen LogP contribution in [0, 0.1) is 0 Å². The molecular weight excluding hydrogens is 264 g/mol. The number of aryl methyl sites for hydroxylation is 1. The number of aromatic nitrogens is 2. The first-order valence-electron chi connectivity index (χ1n) is 4.91. The normalized spacial score (nSPS) is 13.8. The Kier molecular flexibility index (Phi) is 4.66. The van der Waals surface area contributed by atoms with Gasteiger partial charge in [0, 0.05) is 36.4 Å². The Hall–Kier alpha value is -0.930. The van der Waals surface area contributed by atoms with Crippen molar-refractivity contribution in [1.29, 1.82) is 0 Å². The van der Waals surface area contributed by atoms with E-state index in [1.807, 2.05) is 0 Å². The van der Waals surface area contributed by atoms with Gasteiger partial charge in [-0.3, -0.25) is 4.21 Å². The quantitative estimate of drug-likeness (QED) is 0.653. The highest BCUT2D eigenvalue weighted by Crippen LogP contribution is 2.14. The van der Waals surface area contributed by atoms with Gasteiger partial charge in [-0.05, 0) is 6.42 Å². The van der Waals surface area contributed by atoms with E-state index in [9.17, 15) is 12.6 Å². The van der Waals surface area contributed by atoms with Gasteiger partial charge in [0.25, 0.3) is 10.0 Å². The fourth-order valence-electron chi connectivity index (χ4n) is 1.31. The van der Waals surface area contributed by atoms with E-state index in [1.54, 1.807) is 13.3 Å². The molecule has 0 saturated carbocycles. The Balaban J connectivity index is 2.67. The summed E-state index contributed by atoms with van der Waals surface area (Å²) in [7, 11) is -3.01. The van der Waals surface area contributed by atoms with E-state index in [0.29, 0.717) is 12.2 Å². The van der Waals surface area contributed by atoms with Crippen molar-refractivity contribution in [3.05, 3.63) is 6.33 Å². The van der Waals surface area contributed by atoms with Gasteiger partial charge in [-0.1, -0.05) is 0 Å². The van der Waals surface area contributed by atoms with Crippen LogP contribution in [0.15, 0.2) is 11.4 Å².